The van der Waals surface area contributed by atoms with E-state index in [2.05, 4.69) is 16.6 Å². The maximum absolute atomic E-state index is 14.8. The van der Waals surface area contributed by atoms with Gasteiger partial charge in [-0.15, -0.1) is 0 Å². The van der Waals surface area contributed by atoms with Crippen LogP contribution in [0, 0.1) is 52.6 Å². The Morgan fingerprint density at radius 3 is 1.93 bits per heavy atom. The van der Waals surface area contributed by atoms with Gasteiger partial charge in [0.2, 0.25) is 0 Å². The van der Waals surface area contributed by atoms with Crippen molar-refractivity contribution < 1.29 is 44.3 Å². The summed E-state index contributed by atoms with van der Waals surface area (Å²) >= 11 is 0. The fourth-order valence-electron chi connectivity index (χ4n) is 3.96. The summed E-state index contributed by atoms with van der Waals surface area (Å²) in [7, 11) is 0. The second-order valence-electron chi connectivity index (χ2n) is 9.00. The molecule has 4 aromatic carbocycles. The van der Waals surface area contributed by atoms with Gasteiger partial charge < -0.3 is 4.74 Å². The molecule has 0 saturated heterocycles. The molecule has 0 fully saturated rings. The van der Waals surface area contributed by atoms with Crippen LogP contribution < -0.4 is 4.74 Å². The number of aryl methyl sites for hydroxylation is 1. The van der Waals surface area contributed by atoms with Crippen LogP contribution in [0.4, 0.5) is 39.5 Å². The van der Waals surface area contributed by atoms with Crippen LogP contribution in [0.2, 0.25) is 0 Å². The molecule has 0 aliphatic rings. The molecule has 4 aromatic rings. The highest BCUT2D eigenvalue weighted by molar-refractivity contribution is 5.67. The maximum atomic E-state index is 14.8. The predicted molar refractivity (Wildman–Crippen MR) is 134 cm³/mol. The second-order valence-corrected chi connectivity index (χ2v) is 9.00. The first-order chi connectivity index (χ1) is 19.4. The summed E-state index contributed by atoms with van der Waals surface area (Å²) in [6.07, 6.45) is -2.23. The van der Waals surface area contributed by atoms with E-state index in [1.807, 2.05) is 6.92 Å². The molecule has 0 saturated carbocycles. The van der Waals surface area contributed by atoms with E-state index in [1.54, 1.807) is 0 Å². The summed E-state index contributed by atoms with van der Waals surface area (Å²) in [5.41, 5.74) is -2.31. The average molecular weight is 578 g/mol. The molecule has 0 unspecified atom stereocenters. The number of alkyl halides is 2. The minimum atomic E-state index is -4.27. The van der Waals surface area contributed by atoms with Crippen LogP contribution in [0.1, 0.15) is 42.0 Å². The SMILES string of the molecule is CCCCc1ccc(C(F)(F)Oc2cc(F)c(-c3ccc(C#Cc4cc(F)c(F)c(F)c4)c(F)c3)c(F)c2)c(F)c1. The third-order valence-corrected chi connectivity index (χ3v) is 6.01. The lowest BCUT2D eigenvalue weighted by Gasteiger charge is -2.20. The van der Waals surface area contributed by atoms with Gasteiger partial charge in [0.25, 0.3) is 0 Å². The van der Waals surface area contributed by atoms with Crippen LogP contribution in [0.3, 0.4) is 0 Å². The Kier molecular flexibility index (Phi) is 8.66. The largest absolute Gasteiger partial charge is 0.429 e. The first-order valence-electron chi connectivity index (χ1n) is 12.2. The number of rotatable bonds is 7. The summed E-state index contributed by atoms with van der Waals surface area (Å²) in [5, 5.41) is 0. The molecule has 0 spiro atoms. The molecule has 4 rings (SSSR count). The van der Waals surface area contributed by atoms with Gasteiger partial charge >= 0.3 is 6.11 Å². The van der Waals surface area contributed by atoms with Crippen LogP contribution in [0.25, 0.3) is 11.1 Å². The zero-order valence-electron chi connectivity index (χ0n) is 21.2. The first kappa shape index (κ1) is 29.6. The lowest BCUT2D eigenvalue weighted by molar-refractivity contribution is -0.187. The average Bonchev–Trinajstić information content (AvgIpc) is 2.89. The third-order valence-electron chi connectivity index (χ3n) is 6.01. The summed E-state index contributed by atoms with van der Waals surface area (Å²) in [6, 6.07) is 8.02. The summed E-state index contributed by atoms with van der Waals surface area (Å²) < 4.78 is 132. The Morgan fingerprint density at radius 2 is 1.34 bits per heavy atom. The van der Waals surface area contributed by atoms with Crippen molar-refractivity contribution in [2.75, 3.05) is 0 Å². The molecule has 0 aromatic heterocycles. The van der Waals surface area contributed by atoms with Crippen molar-refractivity contribution in [3.05, 3.63) is 124 Å². The first-order valence-corrected chi connectivity index (χ1v) is 12.2. The van der Waals surface area contributed by atoms with Gasteiger partial charge in [0, 0.05) is 17.7 Å². The van der Waals surface area contributed by atoms with E-state index in [0.29, 0.717) is 42.3 Å². The van der Waals surface area contributed by atoms with Crippen molar-refractivity contribution in [2.45, 2.75) is 32.3 Å². The topological polar surface area (TPSA) is 9.23 Å². The van der Waals surface area contributed by atoms with Gasteiger partial charge in [-0.2, -0.15) is 8.78 Å². The molecule has 0 bridgehead atoms. The molecular weight excluding hydrogens is 559 g/mol. The minimum Gasteiger partial charge on any atom is -0.429 e. The van der Waals surface area contributed by atoms with E-state index < -0.39 is 63.7 Å². The van der Waals surface area contributed by atoms with Gasteiger partial charge in [-0.1, -0.05) is 37.3 Å². The zero-order valence-corrected chi connectivity index (χ0v) is 21.2. The van der Waals surface area contributed by atoms with Crippen molar-refractivity contribution >= 4 is 0 Å². The van der Waals surface area contributed by atoms with E-state index >= 15 is 0 Å². The van der Waals surface area contributed by atoms with E-state index in [-0.39, 0.29) is 16.7 Å². The van der Waals surface area contributed by atoms with E-state index in [1.165, 1.54) is 6.07 Å². The summed E-state index contributed by atoms with van der Waals surface area (Å²) in [4.78, 5) is 0. The van der Waals surface area contributed by atoms with Crippen molar-refractivity contribution in [2.24, 2.45) is 0 Å². The molecule has 0 radical (unpaired) electrons. The summed E-state index contributed by atoms with van der Waals surface area (Å²) in [5.74, 6) is -6.15. The normalized spacial score (nSPS) is 11.3. The monoisotopic (exact) mass is 578 g/mol. The highest BCUT2D eigenvalue weighted by atomic mass is 19.3. The number of halogens is 9. The van der Waals surface area contributed by atoms with Gasteiger partial charge in [0.1, 0.15) is 29.0 Å². The van der Waals surface area contributed by atoms with Crippen LogP contribution in [-0.2, 0) is 12.5 Å². The summed E-state index contributed by atoms with van der Waals surface area (Å²) in [6.45, 7) is 1.92. The van der Waals surface area contributed by atoms with Gasteiger partial charge in [0.15, 0.2) is 17.5 Å². The quantitative estimate of drug-likeness (QED) is 0.121. The highest BCUT2D eigenvalue weighted by Crippen LogP contribution is 2.37. The van der Waals surface area contributed by atoms with Gasteiger partial charge in [-0.25, -0.2) is 30.7 Å². The molecule has 0 heterocycles. The molecular formula is C31H19F9O. The fraction of sp³-hybridized carbons (Fsp3) is 0.161. The predicted octanol–water partition coefficient (Wildman–Crippen LogP) is 9.20. The van der Waals surface area contributed by atoms with Crippen LogP contribution in [0.5, 0.6) is 5.75 Å². The Labute approximate surface area is 229 Å². The number of unbranched alkanes of at least 4 members (excludes halogenated alkanes) is 1. The molecule has 0 aliphatic heterocycles. The van der Waals surface area contributed by atoms with Gasteiger partial charge in [0.05, 0.1) is 16.7 Å². The van der Waals surface area contributed by atoms with Gasteiger partial charge in [-0.05, 0) is 60.4 Å². The Balaban J connectivity index is 1.57. The lowest BCUT2D eigenvalue weighted by atomic mass is 10.0. The van der Waals surface area contributed by atoms with Gasteiger partial charge in [-0.3, -0.25) is 0 Å². The van der Waals surface area contributed by atoms with Crippen molar-refractivity contribution in [3.8, 4) is 28.7 Å². The molecule has 10 heteroatoms. The van der Waals surface area contributed by atoms with Crippen LogP contribution >= 0.6 is 0 Å². The fourth-order valence-corrected chi connectivity index (χ4v) is 3.96. The zero-order chi connectivity index (χ0) is 29.9. The number of hydrogen-bond acceptors (Lipinski definition) is 1. The molecule has 0 N–H and O–H groups in total. The number of hydrogen-bond donors (Lipinski definition) is 0. The standard InChI is InChI=1S/C31H19F9O/c1-2-3-4-17-6-10-22(24(33)11-17)31(39,40)41-21-15-25(34)29(26(35)16-21)20-9-8-19(23(32)14-20)7-5-18-12-27(36)30(38)28(37)13-18/h6,8-16H,2-4H2,1H3. The second kappa shape index (κ2) is 12.0. The van der Waals surface area contributed by atoms with Crippen molar-refractivity contribution in [1.82, 2.24) is 0 Å². The third kappa shape index (κ3) is 6.68. The molecule has 0 atom stereocenters. The molecule has 0 amide bonds. The van der Waals surface area contributed by atoms with E-state index in [0.717, 1.165) is 37.1 Å². The Hall–Kier alpha value is -4.39. The molecule has 0 aliphatic carbocycles. The maximum Gasteiger partial charge on any atom is 0.429 e. The van der Waals surface area contributed by atoms with E-state index in [4.69, 9.17) is 0 Å². The molecule has 41 heavy (non-hydrogen) atoms. The lowest BCUT2D eigenvalue weighted by Crippen LogP contribution is -2.23. The molecule has 212 valence electrons. The highest BCUT2D eigenvalue weighted by Gasteiger charge is 2.38. The smallest absolute Gasteiger partial charge is 0.429 e. The Bertz CT molecular complexity index is 1620. The minimum absolute atomic E-state index is 0.290. The number of benzene rings is 4. The Morgan fingerprint density at radius 1 is 0.683 bits per heavy atom. The number of ether oxygens (including phenoxy) is 1. The molecule has 1 nitrogen and oxygen atoms in total. The van der Waals surface area contributed by atoms with Crippen LogP contribution in [0.15, 0.2) is 60.7 Å². The van der Waals surface area contributed by atoms with Crippen molar-refractivity contribution in [1.29, 1.82) is 0 Å². The van der Waals surface area contributed by atoms with Crippen LogP contribution in [-0.4, -0.2) is 0 Å². The van der Waals surface area contributed by atoms with E-state index in [9.17, 15) is 39.5 Å². The van der Waals surface area contributed by atoms with Crippen molar-refractivity contribution in [3.63, 3.8) is 0 Å².